The largest absolute Gasteiger partial charge is 0.466 e. The molecule has 100 valence electrons. The molecule has 0 fully saturated rings. The topological polar surface area (TPSA) is 43.4 Å². The first-order chi connectivity index (χ1) is 8.98. The predicted octanol–water partition coefficient (Wildman–Crippen LogP) is 2.94. The number of carbonyl (C=O) groups is 2. The number of fused-ring (bicyclic) bond motifs is 1. The van der Waals surface area contributed by atoms with Gasteiger partial charge in [0.15, 0.2) is 5.78 Å². The van der Waals surface area contributed by atoms with Gasteiger partial charge < -0.3 is 4.74 Å². The van der Waals surface area contributed by atoms with Crippen LogP contribution in [0.1, 0.15) is 36.2 Å². The van der Waals surface area contributed by atoms with Crippen molar-refractivity contribution in [3.8, 4) is 0 Å². The van der Waals surface area contributed by atoms with E-state index in [1.165, 1.54) is 7.11 Å². The molecule has 19 heavy (non-hydrogen) atoms. The minimum atomic E-state index is -0.618. The van der Waals surface area contributed by atoms with Gasteiger partial charge in [0.25, 0.3) is 0 Å². The second kappa shape index (κ2) is 5.00. The summed E-state index contributed by atoms with van der Waals surface area (Å²) >= 11 is 0. The van der Waals surface area contributed by atoms with Crippen molar-refractivity contribution in [2.75, 3.05) is 7.11 Å². The molecule has 0 radical (unpaired) electrons. The molecule has 0 aromatic heterocycles. The minimum Gasteiger partial charge on any atom is -0.466 e. The number of ether oxygens (including phenoxy) is 1. The maximum Gasteiger partial charge on any atom is 0.333 e. The van der Waals surface area contributed by atoms with Crippen LogP contribution in [0.3, 0.4) is 0 Å². The molecule has 0 spiro atoms. The summed E-state index contributed by atoms with van der Waals surface area (Å²) in [7, 11) is 1.35. The lowest BCUT2D eigenvalue weighted by molar-refractivity contribution is -0.136. The molecule has 1 unspecified atom stereocenters. The maximum atomic E-state index is 12.6. The monoisotopic (exact) mass is 258 g/mol. The first-order valence-corrected chi connectivity index (χ1v) is 6.38. The normalized spacial score (nSPS) is 22.9. The zero-order valence-corrected chi connectivity index (χ0v) is 11.5. The van der Waals surface area contributed by atoms with Gasteiger partial charge in [-0.1, -0.05) is 30.3 Å². The first kappa shape index (κ1) is 13.5. The maximum absolute atomic E-state index is 12.6. The Labute approximate surface area is 113 Å². The van der Waals surface area contributed by atoms with E-state index < -0.39 is 5.41 Å². The molecule has 0 N–H and O–H groups in total. The fraction of sp³-hybridized carbons (Fsp3) is 0.375. The molecule has 0 bridgehead atoms. The number of allylic oxidation sites excluding steroid dienone is 1. The highest BCUT2D eigenvalue weighted by Crippen LogP contribution is 2.37. The van der Waals surface area contributed by atoms with Gasteiger partial charge in [-0.3, -0.25) is 4.79 Å². The first-order valence-electron chi connectivity index (χ1n) is 6.38. The number of aryl methyl sites for hydroxylation is 1. The quantitative estimate of drug-likeness (QED) is 0.605. The van der Waals surface area contributed by atoms with Gasteiger partial charge in [0, 0.05) is 16.6 Å². The molecular formula is C16H18O3. The second-order valence-corrected chi connectivity index (χ2v) is 5.22. The van der Waals surface area contributed by atoms with Gasteiger partial charge in [-0.2, -0.15) is 0 Å². The van der Waals surface area contributed by atoms with Crippen LogP contribution < -0.4 is 0 Å². The lowest BCUT2D eigenvalue weighted by Crippen LogP contribution is -2.32. The van der Waals surface area contributed by atoms with Crippen molar-refractivity contribution >= 4 is 11.8 Å². The van der Waals surface area contributed by atoms with Crippen molar-refractivity contribution in [1.29, 1.82) is 0 Å². The van der Waals surface area contributed by atoms with Gasteiger partial charge in [-0.15, -0.1) is 0 Å². The molecule has 3 heteroatoms. The summed E-state index contributed by atoms with van der Waals surface area (Å²) in [4.78, 5) is 24.1. The average molecular weight is 258 g/mol. The van der Waals surface area contributed by atoms with Gasteiger partial charge >= 0.3 is 5.97 Å². The minimum absolute atomic E-state index is 0.0811. The Kier molecular flexibility index (Phi) is 3.56. The van der Waals surface area contributed by atoms with E-state index in [1.54, 1.807) is 13.0 Å². The van der Waals surface area contributed by atoms with Crippen molar-refractivity contribution in [2.45, 2.75) is 26.7 Å². The number of benzene rings is 1. The van der Waals surface area contributed by atoms with Gasteiger partial charge in [0.1, 0.15) is 0 Å². The summed E-state index contributed by atoms with van der Waals surface area (Å²) in [6, 6.07) is 7.67. The van der Waals surface area contributed by atoms with E-state index in [0.29, 0.717) is 5.57 Å². The van der Waals surface area contributed by atoms with Gasteiger partial charge in [0.2, 0.25) is 0 Å². The summed E-state index contributed by atoms with van der Waals surface area (Å²) in [5, 5.41) is 0. The summed E-state index contributed by atoms with van der Waals surface area (Å²) in [5.41, 5.74) is 1.73. The molecule has 3 nitrogen and oxygen atoms in total. The lowest BCUT2D eigenvalue weighted by atomic mass is 9.71. The molecule has 1 aliphatic rings. The van der Waals surface area contributed by atoms with Crippen LogP contribution in [0.5, 0.6) is 0 Å². The number of hydrogen-bond donors (Lipinski definition) is 0. The van der Waals surface area contributed by atoms with Crippen LogP contribution in [0.25, 0.3) is 0 Å². The SMILES string of the molecule is COC(=O)/C(C)=C/C1(C)CCc2ccccc2C1=O. The molecule has 0 aliphatic heterocycles. The Hall–Kier alpha value is -1.90. The molecule has 1 aliphatic carbocycles. The summed E-state index contributed by atoms with van der Waals surface area (Å²) in [6.45, 7) is 3.57. The highest BCUT2D eigenvalue weighted by atomic mass is 16.5. The van der Waals surface area contributed by atoms with E-state index in [2.05, 4.69) is 4.74 Å². The molecule has 0 saturated carbocycles. The number of ketones is 1. The number of rotatable bonds is 2. The molecule has 2 rings (SSSR count). The van der Waals surface area contributed by atoms with Crippen molar-refractivity contribution in [2.24, 2.45) is 5.41 Å². The molecule has 0 heterocycles. The van der Waals surface area contributed by atoms with E-state index in [0.717, 1.165) is 24.0 Å². The highest BCUT2D eigenvalue weighted by molar-refractivity contribution is 6.04. The summed E-state index contributed by atoms with van der Waals surface area (Å²) in [5.74, 6) is -0.300. The molecule has 0 saturated heterocycles. The second-order valence-electron chi connectivity index (χ2n) is 5.22. The van der Waals surface area contributed by atoms with Crippen LogP contribution in [0.4, 0.5) is 0 Å². The Morgan fingerprint density at radius 2 is 2.05 bits per heavy atom. The molecule has 1 aromatic rings. The number of carbonyl (C=O) groups excluding carboxylic acids is 2. The number of methoxy groups -OCH3 is 1. The third-order valence-electron chi connectivity index (χ3n) is 3.74. The zero-order chi connectivity index (χ0) is 14.0. The van der Waals surface area contributed by atoms with Crippen LogP contribution in [0.2, 0.25) is 0 Å². The number of Topliss-reactive ketones (excluding diaryl/α,β-unsaturated/α-hetero) is 1. The highest BCUT2D eigenvalue weighted by Gasteiger charge is 2.36. The molecular weight excluding hydrogens is 240 g/mol. The Bertz CT molecular complexity index is 557. The predicted molar refractivity (Wildman–Crippen MR) is 73.0 cm³/mol. The van der Waals surface area contributed by atoms with Crippen LogP contribution in [0, 0.1) is 5.41 Å². The summed E-state index contributed by atoms with van der Waals surface area (Å²) in [6.07, 6.45) is 3.32. The van der Waals surface area contributed by atoms with Crippen molar-refractivity contribution in [3.63, 3.8) is 0 Å². The Morgan fingerprint density at radius 1 is 1.37 bits per heavy atom. The van der Waals surface area contributed by atoms with Crippen LogP contribution in [-0.4, -0.2) is 18.9 Å². The fourth-order valence-electron chi connectivity index (χ4n) is 2.61. The van der Waals surface area contributed by atoms with Crippen LogP contribution in [-0.2, 0) is 16.0 Å². The van der Waals surface area contributed by atoms with Gasteiger partial charge in [-0.25, -0.2) is 4.79 Å². The summed E-state index contributed by atoms with van der Waals surface area (Å²) < 4.78 is 4.68. The lowest BCUT2D eigenvalue weighted by Gasteiger charge is -2.31. The van der Waals surface area contributed by atoms with E-state index >= 15 is 0 Å². The van der Waals surface area contributed by atoms with Crippen molar-refractivity contribution in [3.05, 3.63) is 47.0 Å². The zero-order valence-electron chi connectivity index (χ0n) is 11.5. The van der Waals surface area contributed by atoms with Crippen molar-refractivity contribution < 1.29 is 14.3 Å². The van der Waals surface area contributed by atoms with E-state index in [1.807, 2.05) is 31.2 Å². The van der Waals surface area contributed by atoms with Crippen molar-refractivity contribution in [1.82, 2.24) is 0 Å². The van der Waals surface area contributed by atoms with E-state index in [9.17, 15) is 9.59 Å². The molecule has 1 aromatic carbocycles. The number of esters is 1. The number of hydrogen-bond acceptors (Lipinski definition) is 3. The third-order valence-corrected chi connectivity index (χ3v) is 3.74. The van der Waals surface area contributed by atoms with Crippen LogP contribution in [0.15, 0.2) is 35.9 Å². The standard InChI is InChI=1S/C16H18O3/c1-11(15(18)19-3)10-16(2)9-8-12-6-4-5-7-13(12)14(16)17/h4-7,10H,8-9H2,1-3H3/b11-10+. The Balaban J connectivity index is 2.38. The smallest absolute Gasteiger partial charge is 0.333 e. The van der Waals surface area contributed by atoms with E-state index in [-0.39, 0.29) is 11.8 Å². The fourth-order valence-corrected chi connectivity index (χ4v) is 2.61. The van der Waals surface area contributed by atoms with Crippen LogP contribution >= 0.6 is 0 Å². The third kappa shape index (κ3) is 2.46. The van der Waals surface area contributed by atoms with Gasteiger partial charge in [-0.05, 0) is 32.3 Å². The van der Waals surface area contributed by atoms with E-state index in [4.69, 9.17) is 0 Å². The average Bonchev–Trinajstić information content (AvgIpc) is 2.42. The molecule has 1 atom stereocenters. The van der Waals surface area contributed by atoms with Gasteiger partial charge in [0.05, 0.1) is 7.11 Å². The molecule has 0 amide bonds. The Morgan fingerprint density at radius 3 is 2.74 bits per heavy atom.